The molecule has 0 fully saturated rings. The first-order valence-electron chi connectivity index (χ1n) is 5.35. The molecule has 0 amide bonds. The lowest BCUT2D eigenvalue weighted by Gasteiger charge is -2.17. The van der Waals surface area contributed by atoms with E-state index < -0.39 is 28.4 Å². The van der Waals surface area contributed by atoms with Crippen molar-refractivity contribution in [2.45, 2.75) is 18.9 Å². The van der Waals surface area contributed by atoms with Gasteiger partial charge in [0.05, 0.1) is 7.11 Å². The number of para-hydroxylation sites is 1. The molecule has 1 aromatic rings. The number of hydrogen-bond donors (Lipinski definition) is 0. The van der Waals surface area contributed by atoms with E-state index in [2.05, 4.69) is 0 Å². The molecule has 98 valence electrons. The number of nitro groups is 2. The molecule has 0 heterocycles. The molecule has 0 aliphatic rings. The first-order chi connectivity index (χ1) is 8.47. The van der Waals surface area contributed by atoms with Gasteiger partial charge in [0.25, 0.3) is 0 Å². The SMILES string of the molecule is COc1ccccc1[C@H](C[N+](=O)[O-])[C@@H](C)[N+](=O)[O-]. The highest BCUT2D eigenvalue weighted by atomic mass is 16.6. The molecule has 0 N–H and O–H groups in total. The molecular formula is C11H14N2O5. The van der Waals surface area contributed by atoms with E-state index >= 15 is 0 Å². The highest BCUT2D eigenvalue weighted by Gasteiger charge is 2.34. The highest BCUT2D eigenvalue weighted by Crippen LogP contribution is 2.30. The van der Waals surface area contributed by atoms with Crippen molar-refractivity contribution in [2.75, 3.05) is 13.7 Å². The predicted molar refractivity (Wildman–Crippen MR) is 64.1 cm³/mol. The van der Waals surface area contributed by atoms with Gasteiger partial charge in [0.1, 0.15) is 11.7 Å². The van der Waals surface area contributed by atoms with E-state index in [1.54, 1.807) is 24.3 Å². The number of rotatable bonds is 6. The van der Waals surface area contributed by atoms with Crippen LogP contribution in [-0.2, 0) is 0 Å². The van der Waals surface area contributed by atoms with E-state index in [0.717, 1.165) is 0 Å². The molecule has 0 spiro atoms. The largest absolute Gasteiger partial charge is 0.496 e. The van der Waals surface area contributed by atoms with E-state index in [-0.39, 0.29) is 0 Å². The Morgan fingerprint density at radius 1 is 1.28 bits per heavy atom. The van der Waals surface area contributed by atoms with Crippen molar-refractivity contribution in [3.8, 4) is 5.75 Å². The van der Waals surface area contributed by atoms with Crippen LogP contribution in [0.3, 0.4) is 0 Å². The Bertz CT molecular complexity index is 449. The lowest BCUT2D eigenvalue weighted by molar-refractivity contribution is -0.543. The van der Waals surface area contributed by atoms with Gasteiger partial charge >= 0.3 is 0 Å². The van der Waals surface area contributed by atoms with Crippen molar-refractivity contribution in [2.24, 2.45) is 0 Å². The molecule has 0 aromatic heterocycles. The summed E-state index contributed by atoms with van der Waals surface area (Å²) in [6, 6.07) is 5.59. The van der Waals surface area contributed by atoms with Gasteiger partial charge in [-0.15, -0.1) is 0 Å². The van der Waals surface area contributed by atoms with Crippen LogP contribution in [0.2, 0.25) is 0 Å². The van der Waals surface area contributed by atoms with Crippen LogP contribution in [0.15, 0.2) is 24.3 Å². The Morgan fingerprint density at radius 2 is 1.89 bits per heavy atom. The normalized spacial score (nSPS) is 13.7. The minimum atomic E-state index is -1.05. The summed E-state index contributed by atoms with van der Waals surface area (Å²) in [4.78, 5) is 20.4. The number of nitrogens with zero attached hydrogens (tertiary/aromatic N) is 2. The Labute approximate surface area is 104 Å². The van der Waals surface area contributed by atoms with Crippen LogP contribution < -0.4 is 4.74 Å². The van der Waals surface area contributed by atoms with Crippen molar-refractivity contribution < 1.29 is 14.6 Å². The van der Waals surface area contributed by atoms with Crippen molar-refractivity contribution in [1.29, 1.82) is 0 Å². The maximum atomic E-state index is 10.8. The van der Waals surface area contributed by atoms with Crippen LogP contribution in [-0.4, -0.2) is 29.5 Å². The molecule has 0 aliphatic carbocycles. The van der Waals surface area contributed by atoms with Crippen LogP contribution in [0, 0.1) is 20.2 Å². The topological polar surface area (TPSA) is 95.5 Å². The molecule has 0 saturated carbocycles. The van der Waals surface area contributed by atoms with Crippen molar-refractivity contribution in [1.82, 2.24) is 0 Å². The van der Waals surface area contributed by atoms with E-state index in [9.17, 15) is 20.2 Å². The molecule has 0 unspecified atom stereocenters. The summed E-state index contributed by atoms with van der Waals surface area (Å²) < 4.78 is 5.09. The second-order valence-electron chi connectivity index (χ2n) is 3.89. The first kappa shape index (κ1) is 13.9. The highest BCUT2D eigenvalue weighted by molar-refractivity contribution is 5.36. The van der Waals surface area contributed by atoms with Crippen LogP contribution in [0.25, 0.3) is 0 Å². The molecule has 1 aromatic carbocycles. The predicted octanol–water partition coefficient (Wildman–Crippen LogP) is 1.72. The standard InChI is InChI=1S/C11H14N2O5/c1-8(13(16)17)10(7-12(14)15)9-5-3-4-6-11(9)18-2/h3-6,8,10H,7H2,1-2H3/t8-,10-/m1/s1. The van der Waals surface area contributed by atoms with Crippen molar-refractivity contribution >= 4 is 0 Å². The molecule has 7 nitrogen and oxygen atoms in total. The number of ether oxygens (including phenoxy) is 1. The second kappa shape index (κ2) is 5.95. The molecule has 1 rings (SSSR count). The second-order valence-corrected chi connectivity index (χ2v) is 3.89. The molecule has 0 aliphatic heterocycles. The van der Waals surface area contributed by atoms with Crippen LogP contribution >= 0.6 is 0 Å². The van der Waals surface area contributed by atoms with Gasteiger partial charge < -0.3 is 4.74 Å². The summed E-state index contributed by atoms with van der Waals surface area (Å²) in [5.41, 5.74) is 0.487. The zero-order valence-electron chi connectivity index (χ0n) is 10.1. The lowest BCUT2D eigenvalue weighted by Crippen LogP contribution is -2.29. The third-order valence-electron chi connectivity index (χ3n) is 2.80. The Kier molecular flexibility index (Phi) is 4.59. The molecule has 0 radical (unpaired) electrons. The molecule has 0 saturated heterocycles. The zero-order valence-corrected chi connectivity index (χ0v) is 10.1. The Hall–Kier alpha value is -2.18. The summed E-state index contributed by atoms with van der Waals surface area (Å²) in [7, 11) is 1.43. The summed E-state index contributed by atoms with van der Waals surface area (Å²) in [5, 5.41) is 21.5. The average Bonchev–Trinajstić information content (AvgIpc) is 2.34. The minimum absolute atomic E-state index is 0.429. The number of methoxy groups -OCH3 is 1. The molecule has 18 heavy (non-hydrogen) atoms. The zero-order chi connectivity index (χ0) is 13.7. The Morgan fingerprint density at radius 3 is 2.39 bits per heavy atom. The molecule has 7 heteroatoms. The van der Waals surface area contributed by atoms with Gasteiger partial charge in [0.15, 0.2) is 0 Å². The fourth-order valence-electron chi connectivity index (χ4n) is 1.79. The first-order valence-corrected chi connectivity index (χ1v) is 5.35. The van der Waals surface area contributed by atoms with Crippen molar-refractivity contribution in [3.05, 3.63) is 50.1 Å². The number of hydrogen-bond acceptors (Lipinski definition) is 5. The third kappa shape index (κ3) is 3.16. The van der Waals surface area contributed by atoms with Gasteiger partial charge in [-0.3, -0.25) is 20.2 Å². The summed E-state index contributed by atoms with van der Waals surface area (Å²) >= 11 is 0. The molecule has 2 atom stereocenters. The summed E-state index contributed by atoms with van der Waals surface area (Å²) in [6.45, 7) is 0.864. The molecule has 0 bridgehead atoms. The molecular weight excluding hydrogens is 240 g/mol. The van der Waals surface area contributed by atoms with Crippen molar-refractivity contribution in [3.63, 3.8) is 0 Å². The monoisotopic (exact) mass is 254 g/mol. The van der Waals surface area contributed by atoms with Gasteiger partial charge in [-0.25, -0.2) is 0 Å². The smallest absolute Gasteiger partial charge is 0.223 e. The minimum Gasteiger partial charge on any atom is -0.496 e. The van der Waals surface area contributed by atoms with E-state index in [4.69, 9.17) is 4.74 Å². The van der Waals surface area contributed by atoms with E-state index in [0.29, 0.717) is 11.3 Å². The summed E-state index contributed by atoms with van der Waals surface area (Å²) in [6.07, 6.45) is 0. The van der Waals surface area contributed by atoms with Gasteiger partial charge in [-0.2, -0.15) is 0 Å². The van der Waals surface area contributed by atoms with Gasteiger partial charge in [-0.1, -0.05) is 18.2 Å². The average molecular weight is 254 g/mol. The fraction of sp³-hybridized carbons (Fsp3) is 0.455. The third-order valence-corrected chi connectivity index (χ3v) is 2.80. The Balaban J connectivity index is 3.16. The number of benzene rings is 1. The lowest BCUT2D eigenvalue weighted by atomic mass is 9.92. The maximum Gasteiger partial charge on any atom is 0.223 e. The van der Waals surface area contributed by atoms with Crippen LogP contribution in [0.5, 0.6) is 5.75 Å². The maximum absolute atomic E-state index is 10.8. The quantitative estimate of drug-likeness (QED) is 0.568. The van der Waals surface area contributed by atoms with Gasteiger partial charge in [0, 0.05) is 22.3 Å². The van der Waals surface area contributed by atoms with E-state index in [1.165, 1.54) is 14.0 Å². The van der Waals surface area contributed by atoms with Crippen LogP contribution in [0.4, 0.5) is 0 Å². The van der Waals surface area contributed by atoms with Gasteiger partial charge in [0.2, 0.25) is 12.6 Å². The summed E-state index contributed by atoms with van der Waals surface area (Å²) in [5.74, 6) is -0.385. The van der Waals surface area contributed by atoms with Gasteiger partial charge in [-0.05, 0) is 6.07 Å². The fourth-order valence-corrected chi connectivity index (χ4v) is 1.79. The van der Waals surface area contributed by atoms with E-state index in [1.807, 2.05) is 0 Å². The van der Waals surface area contributed by atoms with Crippen LogP contribution in [0.1, 0.15) is 18.4 Å².